The Labute approximate surface area is 274 Å². The van der Waals surface area contributed by atoms with Gasteiger partial charge in [0, 0.05) is 41.3 Å². The molecule has 0 bridgehead atoms. The molecule has 9 nitrogen and oxygen atoms in total. The molecule has 1 aliphatic rings. The molecule has 3 aromatic carbocycles. The highest BCUT2D eigenvalue weighted by atomic mass is 16.5. The van der Waals surface area contributed by atoms with Gasteiger partial charge in [-0.2, -0.15) is 0 Å². The fourth-order valence-electron chi connectivity index (χ4n) is 5.52. The van der Waals surface area contributed by atoms with Gasteiger partial charge in [0.1, 0.15) is 5.75 Å². The topological polar surface area (TPSA) is 104 Å². The zero-order valence-corrected chi connectivity index (χ0v) is 27.9. The van der Waals surface area contributed by atoms with Crippen molar-refractivity contribution in [2.45, 2.75) is 72.3 Å². The van der Waals surface area contributed by atoms with Crippen LogP contribution in [0.25, 0.3) is 0 Å². The van der Waals surface area contributed by atoms with Crippen LogP contribution in [0.5, 0.6) is 17.2 Å². The zero-order chi connectivity index (χ0) is 32.7. The lowest BCUT2D eigenvalue weighted by molar-refractivity contribution is 0.102. The molecule has 4 N–H and O–H groups in total. The van der Waals surface area contributed by atoms with E-state index in [2.05, 4.69) is 33.1 Å². The van der Waals surface area contributed by atoms with E-state index in [0.717, 1.165) is 25.1 Å². The van der Waals surface area contributed by atoms with Crippen LogP contribution in [-0.4, -0.2) is 55.7 Å². The summed E-state index contributed by atoms with van der Waals surface area (Å²) in [5, 5.41) is 12.4. The summed E-state index contributed by atoms with van der Waals surface area (Å²) >= 11 is 0. The van der Waals surface area contributed by atoms with Gasteiger partial charge in [-0.05, 0) is 125 Å². The van der Waals surface area contributed by atoms with E-state index in [4.69, 9.17) is 9.47 Å². The molecule has 9 heteroatoms. The number of anilines is 3. The third-order valence-corrected chi connectivity index (χ3v) is 8.44. The Balaban J connectivity index is 1.26. The Kier molecular flexibility index (Phi) is 13.6. The van der Waals surface area contributed by atoms with Crippen LogP contribution in [-0.2, 0) is 0 Å². The number of nitrogens with one attached hydrogen (secondary N) is 4. The number of likely N-dealkylation sites (tertiary alicyclic amines) is 1. The molecule has 1 fully saturated rings. The predicted octanol–water partition coefficient (Wildman–Crippen LogP) is 8.36. The average molecular weight is 630 g/mol. The molecule has 0 radical (unpaired) electrons. The lowest BCUT2D eigenvalue weighted by Gasteiger charge is -2.32. The minimum absolute atomic E-state index is 0.128. The van der Waals surface area contributed by atoms with Crippen molar-refractivity contribution in [2.24, 2.45) is 5.92 Å². The van der Waals surface area contributed by atoms with Crippen LogP contribution in [0.2, 0.25) is 0 Å². The largest absolute Gasteiger partial charge is 0.490 e. The van der Waals surface area contributed by atoms with E-state index in [0.29, 0.717) is 46.7 Å². The van der Waals surface area contributed by atoms with E-state index in [1.807, 2.05) is 45.0 Å². The average Bonchev–Trinajstić information content (AvgIpc) is 3.08. The van der Waals surface area contributed by atoms with Crippen LogP contribution in [0.15, 0.2) is 66.7 Å². The van der Waals surface area contributed by atoms with E-state index >= 15 is 0 Å². The Bertz CT molecular complexity index is 1370. The first kappa shape index (κ1) is 34.6. The maximum absolute atomic E-state index is 12.9. The first-order valence-electron chi connectivity index (χ1n) is 16.9. The molecule has 3 aromatic rings. The quantitative estimate of drug-likeness (QED) is 0.127. The van der Waals surface area contributed by atoms with E-state index < -0.39 is 0 Å². The Morgan fingerprint density at radius 3 is 2.15 bits per heavy atom. The second-order valence-corrected chi connectivity index (χ2v) is 11.9. The highest BCUT2D eigenvalue weighted by molar-refractivity contribution is 6.04. The van der Waals surface area contributed by atoms with Gasteiger partial charge in [-0.25, -0.2) is 4.79 Å². The SMILES string of the molecule is CCCCN1CCC(CNc2ccc(C(=O)Nc3ccc(Oc4ccc(NC(=O)NC(CC)CC)cc4OCC)cc3)cc2)CC1. The molecule has 0 spiro atoms. The number of rotatable bonds is 16. The summed E-state index contributed by atoms with van der Waals surface area (Å²) < 4.78 is 11.9. The summed E-state index contributed by atoms with van der Waals surface area (Å²) in [5.41, 5.74) is 2.91. The van der Waals surface area contributed by atoms with Gasteiger partial charge in [0.15, 0.2) is 11.5 Å². The standard InChI is InChI=1S/C37H51N5O4/c1-5-9-22-42-23-20-27(21-24-42)26-38-30-12-10-28(11-13-30)36(43)39-31-14-17-33(18-15-31)46-34-19-16-32(25-35(34)45-8-4)41-37(44)40-29(6-2)7-3/h10-19,25,27,29,38H,5-9,20-24,26H2,1-4H3,(H,39,43)(H2,40,41,44). The maximum Gasteiger partial charge on any atom is 0.319 e. The fourth-order valence-corrected chi connectivity index (χ4v) is 5.52. The predicted molar refractivity (Wildman–Crippen MR) is 188 cm³/mol. The number of amides is 3. The minimum atomic E-state index is -0.251. The Morgan fingerprint density at radius 2 is 1.50 bits per heavy atom. The molecule has 0 aromatic heterocycles. The summed E-state index contributed by atoms with van der Waals surface area (Å²) in [6.07, 6.45) is 6.74. The minimum Gasteiger partial charge on any atom is -0.490 e. The molecule has 0 unspecified atom stereocenters. The number of piperidine rings is 1. The molecule has 46 heavy (non-hydrogen) atoms. The molecule has 0 aliphatic carbocycles. The van der Waals surface area contributed by atoms with Crippen LogP contribution in [0.4, 0.5) is 21.9 Å². The van der Waals surface area contributed by atoms with Gasteiger partial charge in [0.2, 0.25) is 0 Å². The number of ether oxygens (including phenoxy) is 2. The third kappa shape index (κ3) is 10.7. The number of unbranched alkanes of at least 4 members (excludes halogenated alkanes) is 1. The van der Waals surface area contributed by atoms with Gasteiger partial charge in [-0.1, -0.05) is 27.2 Å². The van der Waals surface area contributed by atoms with Crippen LogP contribution in [0.3, 0.4) is 0 Å². The molecule has 3 amide bonds. The number of nitrogens with zero attached hydrogens (tertiary/aromatic N) is 1. The van der Waals surface area contributed by atoms with E-state index in [1.165, 1.54) is 45.3 Å². The lowest BCUT2D eigenvalue weighted by Crippen LogP contribution is -2.37. The van der Waals surface area contributed by atoms with Gasteiger partial charge >= 0.3 is 6.03 Å². The van der Waals surface area contributed by atoms with E-state index in [9.17, 15) is 9.59 Å². The number of carbonyl (C=O) groups is 2. The summed E-state index contributed by atoms with van der Waals surface area (Å²) in [6.45, 7) is 13.3. The fraction of sp³-hybridized carbons (Fsp3) is 0.459. The normalized spacial score (nSPS) is 13.7. The van der Waals surface area contributed by atoms with Crippen LogP contribution in [0, 0.1) is 5.92 Å². The first-order chi connectivity index (χ1) is 22.4. The second-order valence-electron chi connectivity index (χ2n) is 11.9. The highest BCUT2D eigenvalue weighted by Gasteiger charge is 2.18. The molecule has 1 heterocycles. The van der Waals surface area contributed by atoms with Crippen molar-refractivity contribution in [3.05, 3.63) is 72.3 Å². The molecule has 1 saturated heterocycles. The van der Waals surface area contributed by atoms with Crippen molar-refractivity contribution in [1.82, 2.24) is 10.2 Å². The first-order valence-corrected chi connectivity index (χ1v) is 16.9. The number of hydrogen-bond acceptors (Lipinski definition) is 6. The Hall–Kier alpha value is -4.24. The summed E-state index contributed by atoms with van der Waals surface area (Å²) in [5.74, 6) is 2.15. The lowest BCUT2D eigenvalue weighted by atomic mass is 9.96. The molecular formula is C37H51N5O4. The highest BCUT2D eigenvalue weighted by Crippen LogP contribution is 2.34. The monoisotopic (exact) mass is 629 g/mol. The van der Waals surface area contributed by atoms with Crippen molar-refractivity contribution in [2.75, 3.05) is 48.7 Å². The maximum atomic E-state index is 12.9. The van der Waals surface area contributed by atoms with E-state index in [-0.39, 0.29) is 18.0 Å². The number of benzene rings is 3. The van der Waals surface area contributed by atoms with Crippen molar-refractivity contribution >= 4 is 29.0 Å². The van der Waals surface area contributed by atoms with Crippen LogP contribution >= 0.6 is 0 Å². The molecule has 0 atom stereocenters. The van der Waals surface area contributed by atoms with Crippen LogP contribution in [0.1, 0.15) is 76.6 Å². The summed E-state index contributed by atoms with van der Waals surface area (Å²) in [4.78, 5) is 27.9. The zero-order valence-electron chi connectivity index (χ0n) is 27.9. The van der Waals surface area contributed by atoms with Gasteiger partial charge < -0.3 is 35.6 Å². The number of carbonyl (C=O) groups excluding carboxylic acids is 2. The van der Waals surface area contributed by atoms with Crippen molar-refractivity contribution in [3.8, 4) is 17.2 Å². The second kappa shape index (κ2) is 18.0. The van der Waals surface area contributed by atoms with Gasteiger partial charge in [-0.3, -0.25) is 4.79 Å². The van der Waals surface area contributed by atoms with Crippen LogP contribution < -0.4 is 30.7 Å². The Morgan fingerprint density at radius 1 is 0.826 bits per heavy atom. The van der Waals surface area contributed by atoms with Gasteiger partial charge in [-0.15, -0.1) is 0 Å². The summed E-state index contributed by atoms with van der Waals surface area (Å²) in [6, 6.07) is 20.0. The summed E-state index contributed by atoms with van der Waals surface area (Å²) in [7, 11) is 0. The molecule has 1 aliphatic heterocycles. The molecule has 4 rings (SSSR count). The number of urea groups is 1. The van der Waals surface area contributed by atoms with Crippen molar-refractivity contribution in [3.63, 3.8) is 0 Å². The smallest absolute Gasteiger partial charge is 0.319 e. The van der Waals surface area contributed by atoms with E-state index in [1.54, 1.807) is 42.5 Å². The van der Waals surface area contributed by atoms with Gasteiger partial charge in [0.25, 0.3) is 5.91 Å². The number of hydrogen-bond donors (Lipinski definition) is 4. The third-order valence-electron chi connectivity index (χ3n) is 8.44. The molecule has 248 valence electrons. The molecular weight excluding hydrogens is 578 g/mol. The van der Waals surface area contributed by atoms with Crippen molar-refractivity contribution < 1.29 is 19.1 Å². The molecule has 0 saturated carbocycles. The van der Waals surface area contributed by atoms with Crippen molar-refractivity contribution in [1.29, 1.82) is 0 Å². The van der Waals surface area contributed by atoms with Gasteiger partial charge in [0.05, 0.1) is 6.61 Å².